The molecule has 2 rings (SSSR count). The molecule has 1 saturated heterocycles. The van der Waals surface area contributed by atoms with E-state index >= 15 is 0 Å². The molecular weight excluding hydrogens is 188 g/mol. The summed E-state index contributed by atoms with van der Waals surface area (Å²) >= 11 is 0. The van der Waals surface area contributed by atoms with Gasteiger partial charge in [-0.25, -0.2) is 0 Å². The molecule has 2 unspecified atom stereocenters. The molecule has 0 amide bonds. The number of ether oxygens (including phenoxy) is 1. The molecular formula is C12H24N2O. The third-order valence-electron chi connectivity index (χ3n) is 3.93. The van der Waals surface area contributed by atoms with E-state index in [2.05, 4.69) is 24.3 Å². The summed E-state index contributed by atoms with van der Waals surface area (Å²) in [6.07, 6.45) is 6.00. The molecule has 2 fully saturated rings. The number of hydrogen-bond donors (Lipinski definition) is 1. The molecule has 1 heterocycles. The zero-order valence-electron chi connectivity index (χ0n) is 10.0. The minimum atomic E-state index is 0.398. The lowest BCUT2D eigenvalue weighted by Gasteiger charge is -2.38. The molecule has 3 nitrogen and oxygen atoms in total. The van der Waals surface area contributed by atoms with Gasteiger partial charge in [0.2, 0.25) is 0 Å². The zero-order valence-corrected chi connectivity index (χ0v) is 10.0. The Bertz CT molecular complexity index is 194. The SMILES string of the molecule is CNC(CC1CCC1)C1CN(C)CCO1. The summed E-state index contributed by atoms with van der Waals surface area (Å²) < 4.78 is 5.87. The van der Waals surface area contributed by atoms with Gasteiger partial charge in [-0.2, -0.15) is 0 Å². The van der Waals surface area contributed by atoms with Crippen LogP contribution in [0, 0.1) is 5.92 Å². The number of nitrogens with zero attached hydrogens (tertiary/aromatic N) is 1. The van der Waals surface area contributed by atoms with Gasteiger partial charge in [-0.3, -0.25) is 0 Å². The molecule has 0 spiro atoms. The monoisotopic (exact) mass is 212 g/mol. The van der Waals surface area contributed by atoms with Crippen molar-refractivity contribution in [1.29, 1.82) is 0 Å². The van der Waals surface area contributed by atoms with Gasteiger partial charge in [-0.15, -0.1) is 0 Å². The van der Waals surface area contributed by atoms with Gasteiger partial charge in [0.1, 0.15) is 0 Å². The predicted octanol–water partition coefficient (Wildman–Crippen LogP) is 1.10. The van der Waals surface area contributed by atoms with Gasteiger partial charge in [0.25, 0.3) is 0 Å². The van der Waals surface area contributed by atoms with Crippen LogP contribution >= 0.6 is 0 Å². The van der Waals surface area contributed by atoms with Crippen molar-refractivity contribution in [2.75, 3.05) is 33.8 Å². The predicted molar refractivity (Wildman–Crippen MR) is 62.0 cm³/mol. The fourth-order valence-corrected chi connectivity index (χ4v) is 2.60. The number of morpholine rings is 1. The Morgan fingerprint density at radius 2 is 2.27 bits per heavy atom. The van der Waals surface area contributed by atoms with Gasteiger partial charge in [0.15, 0.2) is 0 Å². The number of rotatable bonds is 4. The fourth-order valence-electron chi connectivity index (χ4n) is 2.60. The highest BCUT2D eigenvalue weighted by molar-refractivity contribution is 4.85. The van der Waals surface area contributed by atoms with Crippen LogP contribution in [0.4, 0.5) is 0 Å². The Morgan fingerprint density at radius 3 is 2.80 bits per heavy atom. The fraction of sp³-hybridized carbons (Fsp3) is 1.00. The second-order valence-corrected chi connectivity index (χ2v) is 5.10. The van der Waals surface area contributed by atoms with Crippen LogP contribution in [0.2, 0.25) is 0 Å². The van der Waals surface area contributed by atoms with Crippen LogP contribution < -0.4 is 5.32 Å². The molecule has 15 heavy (non-hydrogen) atoms. The Hall–Kier alpha value is -0.120. The zero-order chi connectivity index (χ0) is 10.7. The number of hydrogen-bond acceptors (Lipinski definition) is 3. The third-order valence-corrected chi connectivity index (χ3v) is 3.93. The van der Waals surface area contributed by atoms with E-state index in [1.54, 1.807) is 0 Å². The number of nitrogens with one attached hydrogen (secondary N) is 1. The van der Waals surface area contributed by atoms with Crippen LogP contribution in [0.25, 0.3) is 0 Å². The van der Waals surface area contributed by atoms with Crippen molar-refractivity contribution in [2.45, 2.75) is 37.8 Å². The van der Waals surface area contributed by atoms with Crippen LogP contribution in [0.1, 0.15) is 25.7 Å². The largest absolute Gasteiger partial charge is 0.374 e. The lowest BCUT2D eigenvalue weighted by atomic mass is 9.80. The van der Waals surface area contributed by atoms with Gasteiger partial charge in [0, 0.05) is 19.1 Å². The molecule has 3 heteroatoms. The first kappa shape index (κ1) is 11.4. The van der Waals surface area contributed by atoms with Crippen LogP contribution in [0.5, 0.6) is 0 Å². The lowest BCUT2D eigenvalue weighted by Crippen LogP contribution is -2.51. The summed E-state index contributed by atoms with van der Waals surface area (Å²) in [6, 6.07) is 0.554. The van der Waals surface area contributed by atoms with E-state index in [1.165, 1.54) is 25.7 Å². The first-order valence-electron chi connectivity index (χ1n) is 6.27. The van der Waals surface area contributed by atoms with Crippen molar-refractivity contribution in [1.82, 2.24) is 10.2 Å². The highest BCUT2D eigenvalue weighted by Crippen LogP contribution is 2.31. The average molecular weight is 212 g/mol. The molecule has 2 aliphatic rings. The first-order valence-corrected chi connectivity index (χ1v) is 6.27. The van der Waals surface area contributed by atoms with E-state index in [4.69, 9.17) is 4.74 Å². The highest BCUT2D eigenvalue weighted by atomic mass is 16.5. The maximum absolute atomic E-state index is 5.87. The van der Waals surface area contributed by atoms with Crippen LogP contribution in [-0.2, 0) is 4.74 Å². The quantitative estimate of drug-likeness (QED) is 0.755. The summed E-state index contributed by atoms with van der Waals surface area (Å²) in [5.74, 6) is 0.957. The normalized spacial score (nSPS) is 31.2. The van der Waals surface area contributed by atoms with E-state index in [-0.39, 0.29) is 0 Å². The summed E-state index contributed by atoms with van der Waals surface area (Å²) in [4.78, 5) is 2.37. The molecule has 88 valence electrons. The molecule has 0 bridgehead atoms. The second kappa shape index (κ2) is 5.28. The number of likely N-dealkylation sites (N-methyl/N-ethyl adjacent to an activating group) is 2. The van der Waals surface area contributed by atoms with E-state index < -0.39 is 0 Å². The van der Waals surface area contributed by atoms with Gasteiger partial charge >= 0.3 is 0 Å². The second-order valence-electron chi connectivity index (χ2n) is 5.10. The van der Waals surface area contributed by atoms with Crippen LogP contribution in [0.15, 0.2) is 0 Å². The van der Waals surface area contributed by atoms with E-state index in [0.717, 1.165) is 25.6 Å². The van der Waals surface area contributed by atoms with Crippen molar-refractivity contribution < 1.29 is 4.74 Å². The summed E-state index contributed by atoms with van der Waals surface area (Å²) in [5.41, 5.74) is 0. The van der Waals surface area contributed by atoms with Crippen LogP contribution in [0.3, 0.4) is 0 Å². The smallest absolute Gasteiger partial charge is 0.0855 e. The molecule has 1 saturated carbocycles. The molecule has 1 aliphatic heterocycles. The van der Waals surface area contributed by atoms with Gasteiger partial charge in [0.05, 0.1) is 12.7 Å². The molecule has 1 N–H and O–H groups in total. The van der Waals surface area contributed by atoms with Gasteiger partial charge in [-0.1, -0.05) is 19.3 Å². The van der Waals surface area contributed by atoms with Gasteiger partial charge < -0.3 is 15.0 Å². The molecule has 1 aliphatic carbocycles. The Kier molecular flexibility index (Phi) is 4.00. The summed E-state index contributed by atoms with van der Waals surface area (Å²) in [7, 11) is 4.26. The molecule has 0 radical (unpaired) electrons. The maximum atomic E-state index is 5.87. The van der Waals surface area contributed by atoms with Crippen LogP contribution in [-0.4, -0.2) is 50.8 Å². The van der Waals surface area contributed by atoms with E-state index in [1.807, 2.05) is 0 Å². The van der Waals surface area contributed by atoms with Crippen molar-refractivity contribution in [3.05, 3.63) is 0 Å². The van der Waals surface area contributed by atoms with Crippen molar-refractivity contribution in [3.8, 4) is 0 Å². The Balaban J connectivity index is 1.81. The minimum absolute atomic E-state index is 0.398. The summed E-state index contributed by atoms with van der Waals surface area (Å²) in [6.45, 7) is 3.05. The van der Waals surface area contributed by atoms with E-state index in [0.29, 0.717) is 12.1 Å². The summed E-state index contributed by atoms with van der Waals surface area (Å²) in [5, 5.41) is 3.44. The standard InChI is InChI=1S/C12H24N2O/c1-13-11(8-10-4-3-5-10)12-9-14(2)6-7-15-12/h10-13H,3-9H2,1-2H3. The average Bonchev–Trinajstić information content (AvgIpc) is 2.16. The molecule has 0 aromatic rings. The Labute approximate surface area is 93.2 Å². The highest BCUT2D eigenvalue weighted by Gasteiger charge is 2.29. The topological polar surface area (TPSA) is 24.5 Å². The third kappa shape index (κ3) is 2.92. The van der Waals surface area contributed by atoms with Gasteiger partial charge in [-0.05, 0) is 26.4 Å². The van der Waals surface area contributed by atoms with E-state index in [9.17, 15) is 0 Å². The van der Waals surface area contributed by atoms with Crippen molar-refractivity contribution in [3.63, 3.8) is 0 Å². The molecule has 0 aromatic carbocycles. The lowest BCUT2D eigenvalue weighted by molar-refractivity contribution is -0.0430. The first-order chi connectivity index (χ1) is 7.29. The Morgan fingerprint density at radius 1 is 1.47 bits per heavy atom. The van der Waals surface area contributed by atoms with Crippen molar-refractivity contribution >= 4 is 0 Å². The molecule has 2 atom stereocenters. The maximum Gasteiger partial charge on any atom is 0.0855 e. The minimum Gasteiger partial charge on any atom is -0.374 e. The van der Waals surface area contributed by atoms with Crippen molar-refractivity contribution in [2.24, 2.45) is 5.92 Å². The molecule has 0 aromatic heterocycles.